The largest absolute Gasteiger partial charge is 0.495 e. The number of hydrogen-bond acceptors (Lipinski definition) is 5. The van der Waals surface area contributed by atoms with Crippen LogP contribution in [0.15, 0.2) is 36.4 Å². The van der Waals surface area contributed by atoms with Crippen molar-refractivity contribution in [1.29, 1.82) is 0 Å². The van der Waals surface area contributed by atoms with Crippen LogP contribution in [0.2, 0.25) is 5.02 Å². The number of benzene rings is 2. The molecule has 0 fully saturated rings. The number of carbonyl (C=O) groups excluding carboxylic acids is 1. The standard InChI is InChI=1S/C18H19ClN2O5S/c1-11-4-6-16-14(8-11)21(27(3,23)24)10-17(26-16)18(22)20-13-9-12(19)5-7-15(13)25-2/h4-9,17H,10H2,1-3H3,(H,20,22)/t17-/m1/s1. The molecule has 0 bridgehead atoms. The van der Waals surface area contributed by atoms with E-state index in [0.29, 0.717) is 27.9 Å². The van der Waals surface area contributed by atoms with E-state index in [4.69, 9.17) is 21.1 Å². The van der Waals surface area contributed by atoms with Crippen molar-refractivity contribution >= 4 is 38.9 Å². The normalized spacial score (nSPS) is 16.3. The second-order valence-corrected chi connectivity index (χ2v) is 8.55. The first kappa shape index (κ1) is 19.3. The fraction of sp³-hybridized carbons (Fsp3) is 0.278. The second-order valence-electron chi connectivity index (χ2n) is 6.21. The SMILES string of the molecule is COc1ccc(Cl)cc1NC(=O)[C@H]1CN(S(C)(=O)=O)c2cc(C)ccc2O1. The molecule has 1 aliphatic heterocycles. The number of halogens is 1. The molecule has 27 heavy (non-hydrogen) atoms. The Labute approximate surface area is 162 Å². The van der Waals surface area contributed by atoms with Gasteiger partial charge < -0.3 is 14.8 Å². The van der Waals surface area contributed by atoms with Crippen molar-refractivity contribution < 1.29 is 22.7 Å². The molecule has 0 radical (unpaired) electrons. The van der Waals surface area contributed by atoms with E-state index in [1.807, 2.05) is 6.92 Å². The minimum Gasteiger partial charge on any atom is -0.495 e. The van der Waals surface area contributed by atoms with Crippen LogP contribution in [0.4, 0.5) is 11.4 Å². The van der Waals surface area contributed by atoms with Gasteiger partial charge in [0.1, 0.15) is 11.5 Å². The molecular weight excluding hydrogens is 392 g/mol. The maximum Gasteiger partial charge on any atom is 0.267 e. The van der Waals surface area contributed by atoms with Gasteiger partial charge in [0, 0.05) is 5.02 Å². The number of aryl methyl sites for hydroxylation is 1. The Hall–Kier alpha value is -2.45. The first-order chi connectivity index (χ1) is 12.7. The first-order valence-electron chi connectivity index (χ1n) is 8.08. The number of rotatable bonds is 4. The fourth-order valence-corrected chi connectivity index (χ4v) is 3.88. The van der Waals surface area contributed by atoms with Crippen LogP contribution in [0.1, 0.15) is 5.56 Å². The van der Waals surface area contributed by atoms with Gasteiger partial charge in [-0.1, -0.05) is 17.7 Å². The van der Waals surface area contributed by atoms with Gasteiger partial charge in [0.2, 0.25) is 10.0 Å². The third-order valence-corrected chi connectivity index (χ3v) is 5.48. The molecule has 1 heterocycles. The summed E-state index contributed by atoms with van der Waals surface area (Å²) in [5.41, 5.74) is 1.68. The fourth-order valence-electron chi connectivity index (χ4n) is 2.80. The van der Waals surface area contributed by atoms with Crippen LogP contribution < -0.4 is 19.1 Å². The number of amides is 1. The molecule has 1 aliphatic rings. The highest BCUT2D eigenvalue weighted by Crippen LogP contribution is 2.36. The van der Waals surface area contributed by atoms with Crippen LogP contribution in [0, 0.1) is 6.92 Å². The third-order valence-electron chi connectivity index (χ3n) is 4.10. The maximum atomic E-state index is 12.7. The molecule has 0 unspecified atom stereocenters. The summed E-state index contributed by atoms with van der Waals surface area (Å²) in [5, 5.41) is 3.12. The topological polar surface area (TPSA) is 84.9 Å². The van der Waals surface area contributed by atoms with Crippen molar-refractivity contribution in [3.63, 3.8) is 0 Å². The number of ether oxygens (including phenoxy) is 2. The van der Waals surface area contributed by atoms with Gasteiger partial charge in [0.25, 0.3) is 5.91 Å². The summed E-state index contributed by atoms with van der Waals surface area (Å²) in [4.78, 5) is 12.7. The molecule has 0 saturated heterocycles. The summed E-state index contributed by atoms with van der Waals surface area (Å²) in [6.45, 7) is 1.72. The predicted octanol–water partition coefficient (Wildman–Crippen LogP) is 2.82. The van der Waals surface area contributed by atoms with Gasteiger partial charge in [-0.05, 0) is 42.8 Å². The second kappa shape index (κ2) is 7.28. The molecule has 1 atom stereocenters. The van der Waals surface area contributed by atoms with E-state index in [0.717, 1.165) is 11.8 Å². The van der Waals surface area contributed by atoms with Crippen LogP contribution >= 0.6 is 11.6 Å². The zero-order chi connectivity index (χ0) is 19.8. The zero-order valence-corrected chi connectivity index (χ0v) is 16.6. The maximum absolute atomic E-state index is 12.7. The molecule has 144 valence electrons. The minimum absolute atomic E-state index is 0.135. The van der Waals surface area contributed by atoms with E-state index < -0.39 is 22.0 Å². The smallest absolute Gasteiger partial charge is 0.267 e. The van der Waals surface area contributed by atoms with Gasteiger partial charge in [-0.25, -0.2) is 8.42 Å². The highest BCUT2D eigenvalue weighted by molar-refractivity contribution is 7.92. The Kier molecular flexibility index (Phi) is 5.21. The molecule has 0 aromatic heterocycles. The number of hydrogen-bond donors (Lipinski definition) is 1. The molecule has 1 amide bonds. The van der Waals surface area contributed by atoms with Crippen LogP contribution in [0.3, 0.4) is 0 Å². The number of nitrogens with zero attached hydrogens (tertiary/aromatic N) is 1. The van der Waals surface area contributed by atoms with E-state index in [9.17, 15) is 13.2 Å². The average Bonchev–Trinajstić information content (AvgIpc) is 2.60. The monoisotopic (exact) mass is 410 g/mol. The van der Waals surface area contributed by atoms with Crippen LogP contribution in [0.5, 0.6) is 11.5 Å². The molecule has 2 aromatic carbocycles. The predicted molar refractivity (Wildman–Crippen MR) is 104 cm³/mol. The van der Waals surface area contributed by atoms with E-state index in [-0.39, 0.29) is 6.54 Å². The van der Waals surface area contributed by atoms with Crippen molar-refractivity contribution in [2.45, 2.75) is 13.0 Å². The summed E-state index contributed by atoms with van der Waals surface area (Å²) < 4.78 is 36.6. The van der Waals surface area contributed by atoms with E-state index in [1.165, 1.54) is 11.4 Å². The molecule has 0 spiro atoms. The van der Waals surface area contributed by atoms with Crippen LogP contribution in [-0.2, 0) is 14.8 Å². The van der Waals surface area contributed by atoms with Gasteiger partial charge in [-0.3, -0.25) is 9.10 Å². The molecule has 7 nitrogen and oxygen atoms in total. The summed E-state index contributed by atoms with van der Waals surface area (Å²) >= 11 is 5.98. The van der Waals surface area contributed by atoms with E-state index >= 15 is 0 Å². The van der Waals surface area contributed by atoms with Crippen molar-refractivity contribution in [2.24, 2.45) is 0 Å². The Morgan fingerprint density at radius 2 is 2.04 bits per heavy atom. The molecule has 2 aromatic rings. The lowest BCUT2D eigenvalue weighted by atomic mass is 10.1. The minimum atomic E-state index is -3.59. The molecule has 3 rings (SSSR count). The highest BCUT2D eigenvalue weighted by atomic mass is 35.5. The van der Waals surface area contributed by atoms with Gasteiger partial charge >= 0.3 is 0 Å². The quantitative estimate of drug-likeness (QED) is 0.837. The summed E-state index contributed by atoms with van der Waals surface area (Å²) in [5.74, 6) is 0.255. The Morgan fingerprint density at radius 1 is 1.30 bits per heavy atom. The van der Waals surface area contributed by atoms with Crippen molar-refractivity contribution in [1.82, 2.24) is 0 Å². The van der Waals surface area contributed by atoms with Crippen LogP contribution in [-0.4, -0.2) is 40.3 Å². The van der Waals surface area contributed by atoms with E-state index in [2.05, 4.69) is 5.32 Å². The Balaban J connectivity index is 1.91. The van der Waals surface area contributed by atoms with Gasteiger partial charge in [0.15, 0.2) is 6.10 Å². The molecule has 1 N–H and O–H groups in total. The van der Waals surface area contributed by atoms with Gasteiger partial charge in [0.05, 0.1) is 31.3 Å². The number of sulfonamides is 1. The molecular formula is C18H19ClN2O5S. The lowest BCUT2D eigenvalue weighted by Gasteiger charge is -2.34. The summed E-state index contributed by atoms with van der Waals surface area (Å²) in [6.07, 6.45) is 0.0676. The number of fused-ring (bicyclic) bond motifs is 1. The third kappa shape index (κ3) is 4.12. The number of nitrogens with one attached hydrogen (secondary N) is 1. The van der Waals surface area contributed by atoms with Crippen LogP contribution in [0.25, 0.3) is 0 Å². The lowest BCUT2D eigenvalue weighted by molar-refractivity contribution is -0.122. The lowest BCUT2D eigenvalue weighted by Crippen LogP contribution is -2.48. The molecule has 0 saturated carbocycles. The van der Waals surface area contributed by atoms with Crippen molar-refractivity contribution in [2.75, 3.05) is 29.5 Å². The summed E-state index contributed by atoms with van der Waals surface area (Å²) in [7, 11) is -2.12. The van der Waals surface area contributed by atoms with Gasteiger partial charge in [-0.2, -0.15) is 0 Å². The average molecular weight is 411 g/mol. The highest BCUT2D eigenvalue weighted by Gasteiger charge is 2.35. The van der Waals surface area contributed by atoms with Gasteiger partial charge in [-0.15, -0.1) is 0 Å². The van der Waals surface area contributed by atoms with Crippen molar-refractivity contribution in [3.05, 3.63) is 47.0 Å². The first-order valence-corrected chi connectivity index (χ1v) is 10.3. The zero-order valence-electron chi connectivity index (χ0n) is 15.0. The van der Waals surface area contributed by atoms with E-state index in [1.54, 1.807) is 36.4 Å². The Morgan fingerprint density at radius 3 is 2.70 bits per heavy atom. The summed E-state index contributed by atoms with van der Waals surface area (Å²) in [6, 6.07) is 9.97. The Bertz CT molecular complexity index is 993. The number of carbonyl (C=O) groups is 1. The number of methoxy groups -OCH3 is 1. The molecule has 0 aliphatic carbocycles. The number of anilines is 2. The van der Waals surface area contributed by atoms with Crippen molar-refractivity contribution in [3.8, 4) is 11.5 Å². The molecule has 9 heteroatoms.